The Morgan fingerprint density at radius 3 is 2.97 bits per heavy atom. The summed E-state index contributed by atoms with van der Waals surface area (Å²) in [6.45, 7) is 2.73. The highest BCUT2D eigenvalue weighted by atomic mass is 16.3. The van der Waals surface area contributed by atoms with Crippen molar-refractivity contribution in [2.24, 2.45) is 0 Å². The lowest BCUT2D eigenvalue weighted by Gasteiger charge is -2.13. The summed E-state index contributed by atoms with van der Waals surface area (Å²) in [4.78, 5) is 30.1. The average molecular weight is 391 g/mol. The normalized spacial score (nSPS) is 14.0. The number of furan rings is 1. The number of aromatic nitrogens is 2. The van der Waals surface area contributed by atoms with Crippen molar-refractivity contribution in [3.63, 3.8) is 0 Å². The molecule has 0 spiro atoms. The van der Waals surface area contributed by atoms with Crippen molar-refractivity contribution >= 4 is 16.8 Å². The van der Waals surface area contributed by atoms with E-state index in [1.807, 2.05) is 6.07 Å². The monoisotopic (exact) mass is 391 g/mol. The van der Waals surface area contributed by atoms with Crippen LogP contribution in [0.25, 0.3) is 10.9 Å². The number of carbonyl (C=O) groups is 1. The first-order valence-corrected chi connectivity index (χ1v) is 10.1. The van der Waals surface area contributed by atoms with Gasteiger partial charge in [0.25, 0.3) is 11.5 Å². The third kappa shape index (κ3) is 4.31. The fourth-order valence-electron chi connectivity index (χ4n) is 3.79. The molecule has 0 bridgehead atoms. The van der Waals surface area contributed by atoms with Gasteiger partial charge in [0.05, 0.1) is 35.0 Å². The predicted molar refractivity (Wildman–Crippen MR) is 112 cm³/mol. The lowest BCUT2D eigenvalue weighted by atomic mass is 9.97. The van der Waals surface area contributed by atoms with Crippen LogP contribution in [0.4, 0.5) is 0 Å². The van der Waals surface area contributed by atoms with Crippen LogP contribution in [0.1, 0.15) is 53.9 Å². The maximum atomic E-state index is 12.9. The van der Waals surface area contributed by atoms with E-state index >= 15 is 0 Å². The molecule has 6 heteroatoms. The van der Waals surface area contributed by atoms with Crippen molar-refractivity contribution in [3.8, 4) is 0 Å². The highest BCUT2D eigenvalue weighted by Crippen LogP contribution is 2.19. The zero-order chi connectivity index (χ0) is 20.2. The molecule has 1 aliphatic rings. The van der Waals surface area contributed by atoms with Crippen LogP contribution in [-0.4, -0.2) is 22.0 Å². The van der Waals surface area contributed by atoms with E-state index in [4.69, 9.17) is 4.42 Å². The van der Waals surface area contributed by atoms with Crippen LogP contribution < -0.4 is 10.9 Å². The zero-order valence-corrected chi connectivity index (χ0v) is 16.6. The van der Waals surface area contributed by atoms with Crippen molar-refractivity contribution in [1.82, 2.24) is 14.9 Å². The van der Waals surface area contributed by atoms with E-state index in [1.54, 1.807) is 42.1 Å². The third-order valence-electron chi connectivity index (χ3n) is 5.41. The summed E-state index contributed by atoms with van der Waals surface area (Å²) in [5.41, 5.74) is 2.89. The number of allylic oxidation sites excluding steroid dienone is 1. The van der Waals surface area contributed by atoms with Gasteiger partial charge >= 0.3 is 0 Å². The largest absolute Gasteiger partial charge is 0.467 e. The summed E-state index contributed by atoms with van der Waals surface area (Å²) in [6.07, 6.45) is 11.2. The number of rotatable bonds is 6. The molecule has 0 saturated heterocycles. The van der Waals surface area contributed by atoms with Crippen molar-refractivity contribution in [2.75, 3.05) is 6.54 Å². The van der Waals surface area contributed by atoms with Crippen LogP contribution in [0, 0.1) is 6.92 Å². The second-order valence-corrected chi connectivity index (χ2v) is 7.50. The first-order valence-electron chi connectivity index (χ1n) is 10.1. The van der Waals surface area contributed by atoms with Gasteiger partial charge in [0.15, 0.2) is 0 Å². The minimum absolute atomic E-state index is 0.186. The van der Waals surface area contributed by atoms with Gasteiger partial charge in [0.1, 0.15) is 5.76 Å². The molecule has 0 fully saturated rings. The summed E-state index contributed by atoms with van der Waals surface area (Å²) < 4.78 is 6.90. The molecule has 0 saturated carbocycles. The van der Waals surface area contributed by atoms with Gasteiger partial charge in [-0.2, -0.15) is 0 Å². The summed E-state index contributed by atoms with van der Waals surface area (Å²) >= 11 is 0. The van der Waals surface area contributed by atoms with Gasteiger partial charge in [-0.25, -0.2) is 0 Å². The van der Waals surface area contributed by atoms with E-state index in [2.05, 4.69) is 16.4 Å². The molecule has 0 atom stereocenters. The van der Waals surface area contributed by atoms with Crippen molar-refractivity contribution < 1.29 is 9.21 Å². The van der Waals surface area contributed by atoms with Gasteiger partial charge in [0.2, 0.25) is 0 Å². The van der Waals surface area contributed by atoms with E-state index in [1.165, 1.54) is 18.4 Å². The molecule has 29 heavy (non-hydrogen) atoms. The second kappa shape index (κ2) is 8.47. The fraction of sp³-hybridized carbons (Fsp3) is 0.348. The number of hydrogen-bond acceptors (Lipinski definition) is 4. The van der Waals surface area contributed by atoms with Crippen LogP contribution in [0.3, 0.4) is 0 Å². The number of amides is 1. The van der Waals surface area contributed by atoms with Gasteiger partial charge < -0.3 is 14.3 Å². The molecule has 1 N–H and O–H groups in total. The summed E-state index contributed by atoms with van der Waals surface area (Å²) in [6, 6.07) is 7.07. The van der Waals surface area contributed by atoms with Crippen LogP contribution in [0.2, 0.25) is 0 Å². The Labute approximate surface area is 169 Å². The highest BCUT2D eigenvalue weighted by Gasteiger charge is 2.14. The van der Waals surface area contributed by atoms with Crippen LogP contribution >= 0.6 is 0 Å². The Morgan fingerprint density at radius 1 is 1.31 bits per heavy atom. The van der Waals surface area contributed by atoms with E-state index in [0.29, 0.717) is 41.0 Å². The number of nitrogens with zero attached hydrogens (tertiary/aromatic N) is 2. The van der Waals surface area contributed by atoms with Gasteiger partial charge in [-0.15, -0.1) is 0 Å². The van der Waals surface area contributed by atoms with Crippen LogP contribution in [0.5, 0.6) is 0 Å². The number of hydrogen-bond donors (Lipinski definition) is 1. The number of pyridine rings is 2. The van der Waals surface area contributed by atoms with Crippen LogP contribution in [0.15, 0.2) is 57.6 Å². The molecule has 150 valence electrons. The molecule has 3 heterocycles. The SMILES string of the molecule is Cc1nc2ccn(Cc3ccco3)c(=O)c2cc1C(=O)NCCC1=CCCCC1. The molecule has 0 aromatic carbocycles. The Balaban J connectivity index is 1.54. The van der Waals surface area contributed by atoms with Crippen molar-refractivity contribution in [3.05, 3.63) is 75.7 Å². The fourth-order valence-corrected chi connectivity index (χ4v) is 3.79. The third-order valence-corrected chi connectivity index (χ3v) is 5.41. The molecule has 4 rings (SSSR count). The van der Waals surface area contributed by atoms with E-state index in [9.17, 15) is 9.59 Å². The summed E-state index contributed by atoms with van der Waals surface area (Å²) in [5, 5.41) is 3.41. The molecule has 6 nitrogen and oxygen atoms in total. The molecule has 3 aromatic rings. The topological polar surface area (TPSA) is 77.1 Å². The number of fused-ring (bicyclic) bond motifs is 1. The first-order chi connectivity index (χ1) is 14.1. The second-order valence-electron chi connectivity index (χ2n) is 7.50. The molecule has 0 aliphatic heterocycles. The van der Waals surface area contributed by atoms with Crippen LogP contribution in [-0.2, 0) is 6.54 Å². The number of nitrogens with one attached hydrogen (secondary N) is 1. The Kier molecular flexibility index (Phi) is 5.60. The molecule has 3 aromatic heterocycles. The molecule has 0 unspecified atom stereocenters. The molecule has 0 radical (unpaired) electrons. The molecule has 1 amide bonds. The van der Waals surface area contributed by atoms with Gasteiger partial charge in [-0.05, 0) is 63.3 Å². The maximum Gasteiger partial charge on any atom is 0.260 e. The Bertz CT molecular complexity index is 1110. The zero-order valence-electron chi connectivity index (χ0n) is 16.6. The van der Waals surface area contributed by atoms with E-state index in [-0.39, 0.29) is 11.5 Å². The minimum atomic E-state index is -0.187. The molecular weight excluding hydrogens is 366 g/mol. The quantitative estimate of drug-likeness (QED) is 0.645. The number of carbonyl (C=O) groups excluding carboxylic acids is 1. The molecule has 1 aliphatic carbocycles. The highest BCUT2D eigenvalue weighted by molar-refractivity contribution is 5.98. The standard InChI is InChI=1S/C23H25N3O3/c1-16-19(22(27)24-11-9-17-6-3-2-4-7-17)14-20-21(25-16)10-12-26(23(20)28)15-18-8-5-13-29-18/h5-6,8,10,12-14H,2-4,7,9,11,15H2,1H3,(H,24,27). The lowest BCUT2D eigenvalue weighted by molar-refractivity contribution is 0.0953. The smallest absolute Gasteiger partial charge is 0.260 e. The maximum absolute atomic E-state index is 12.9. The number of aryl methyl sites for hydroxylation is 1. The van der Waals surface area contributed by atoms with Crippen molar-refractivity contribution in [2.45, 2.75) is 45.6 Å². The first kappa shape index (κ1) is 19.2. The van der Waals surface area contributed by atoms with Gasteiger partial charge in [0, 0.05) is 12.7 Å². The lowest BCUT2D eigenvalue weighted by Crippen LogP contribution is -2.27. The molecular formula is C23H25N3O3. The predicted octanol–water partition coefficient (Wildman–Crippen LogP) is 3.97. The summed E-state index contributed by atoms with van der Waals surface area (Å²) in [5.74, 6) is 0.510. The van der Waals surface area contributed by atoms with E-state index < -0.39 is 0 Å². The van der Waals surface area contributed by atoms with E-state index in [0.717, 1.165) is 19.3 Å². The van der Waals surface area contributed by atoms with Gasteiger partial charge in [-0.1, -0.05) is 11.6 Å². The average Bonchev–Trinajstić information content (AvgIpc) is 3.24. The Morgan fingerprint density at radius 2 is 2.21 bits per heavy atom. The van der Waals surface area contributed by atoms with Gasteiger partial charge in [-0.3, -0.25) is 14.6 Å². The van der Waals surface area contributed by atoms with Crippen molar-refractivity contribution in [1.29, 1.82) is 0 Å². The minimum Gasteiger partial charge on any atom is -0.467 e. The summed E-state index contributed by atoms with van der Waals surface area (Å²) in [7, 11) is 0. The Hall–Kier alpha value is -3.15.